The lowest BCUT2D eigenvalue weighted by Crippen LogP contribution is -2.30. The lowest BCUT2D eigenvalue weighted by atomic mass is 10.0. The zero-order valence-corrected chi connectivity index (χ0v) is 45.6. The summed E-state index contributed by atoms with van der Waals surface area (Å²) >= 11 is 0. The number of carbonyl (C=O) groups is 3. The molecule has 0 bridgehead atoms. The molecule has 398 valence electrons. The molecule has 0 aromatic carbocycles. The van der Waals surface area contributed by atoms with Crippen molar-refractivity contribution in [3.8, 4) is 0 Å². The summed E-state index contributed by atoms with van der Waals surface area (Å²) in [7, 11) is 0. The second-order valence-corrected chi connectivity index (χ2v) is 19.5. The molecule has 0 unspecified atom stereocenters. The molecule has 0 fully saturated rings. The molecule has 6 nitrogen and oxygen atoms in total. The predicted octanol–water partition coefficient (Wildman–Crippen LogP) is 19.8. The first-order valence-corrected chi connectivity index (χ1v) is 29.4. The Bertz CT molecular complexity index is 1290. The second-order valence-electron chi connectivity index (χ2n) is 19.5. The first-order chi connectivity index (χ1) is 34.0. The van der Waals surface area contributed by atoms with E-state index >= 15 is 0 Å². The number of hydrogen-bond acceptors (Lipinski definition) is 6. The van der Waals surface area contributed by atoms with Crippen molar-refractivity contribution in [1.82, 2.24) is 0 Å². The molecule has 0 rings (SSSR count). The molecule has 0 N–H and O–H groups in total. The summed E-state index contributed by atoms with van der Waals surface area (Å²) in [6.07, 6.45) is 73.2. The average Bonchev–Trinajstić information content (AvgIpc) is 3.35. The normalized spacial score (nSPS) is 12.6. The highest BCUT2D eigenvalue weighted by molar-refractivity contribution is 5.71. The van der Waals surface area contributed by atoms with Crippen LogP contribution in [0.1, 0.15) is 290 Å². The van der Waals surface area contributed by atoms with Crippen LogP contribution in [-0.2, 0) is 28.6 Å². The topological polar surface area (TPSA) is 78.9 Å². The van der Waals surface area contributed by atoms with Gasteiger partial charge in [0.1, 0.15) is 13.2 Å². The first-order valence-electron chi connectivity index (χ1n) is 29.4. The molecule has 0 radical (unpaired) electrons. The molecule has 6 heteroatoms. The van der Waals surface area contributed by atoms with Gasteiger partial charge in [0.15, 0.2) is 6.10 Å². The van der Waals surface area contributed by atoms with Gasteiger partial charge in [-0.2, -0.15) is 0 Å². The van der Waals surface area contributed by atoms with Gasteiger partial charge in [-0.3, -0.25) is 14.4 Å². The Hall–Kier alpha value is -3.15. The van der Waals surface area contributed by atoms with Crippen LogP contribution in [0.25, 0.3) is 0 Å². The minimum absolute atomic E-state index is 0.0870. The van der Waals surface area contributed by atoms with Gasteiger partial charge in [0.25, 0.3) is 0 Å². The zero-order chi connectivity index (χ0) is 50.0. The van der Waals surface area contributed by atoms with Crippen molar-refractivity contribution in [2.45, 2.75) is 297 Å². The SMILES string of the molecule is CC/C=C\C/C=C\C/C=C\C/C=C\C/C=C\CCCCCC(=O)OC[C@H](COC(=O)CCCCCCCCCCCCCCCCCCCCC)OC(=O)CCCCCCC/C=C\CCCCCC. The lowest BCUT2D eigenvalue weighted by Gasteiger charge is -2.18. The van der Waals surface area contributed by atoms with Crippen LogP contribution in [0.5, 0.6) is 0 Å². The van der Waals surface area contributed by atoms with Gasteiger partial charge in [-0.25, -0.2) is 0 Å². The van der Waals surface area contributed by atoms with Gasteiger partial charge in [-0.05, 0) is 89.9 Å². The van der Waals surface area contributed by atoms with Gasteiger partial charge in [0, 0.05) is 19.3 Å². The van der Waals surface area contributed by atoms with E-state index in [1.54, 1.807) is 0 Å². The van der Waals surface area contributed by atoms with Crippen molar-refractivity contribution in [2.75, 3.05) is 13.2 Å². The first kappa shape index (κ1) is 65.8. The van der Waals surface area contributed by atoms with Crippen molar-refractivity contribution >= 4 is 17.9 Å². The van der Waals surface area contributed by atoms with E-state index in [-0.39, 0.29) is 31.1 Å². The lowest BCUT2D eigenvalue weighted by molar-refractivity contribution is -0.167. The summed E-state index contributed by atoms with van der Waals surface area (Å²) in [5.41, 5.74) is 0. The van der Waals surface area contributed by atoms with Crippen LogP contribution in [-0.4, -0.2) is 37.2 Å². The fourth-order valence-corrected chi connectivity index (χ4v) is 8.29. The molecule has 0 aromatic rings. The van der Waals surface area contributed by atoms with Crippen LogP contribution < -0.4 is 0 Å². The van der Waals surface area contributed by atoms with E-state index in [1.807, 2.05) is 0 Å². The molecule has 0 spiro atoms. The molecule has 0 aliphatic carbocycles. The molecule has 1 atom stereocenters. The Kier molecular flexibility index (Phi) is 54.8. The highest BCUT2D eigenvalue weighted by Crippen LogP contribution is 2.16. The van der Waals surface area contributed by atoms with Gasteiger partial charge in [-0.1, -0.05) is 254 Å². The summed E-state index contributed by atoms with van der Waals surface area (Å²) in [5, 5.41) is 0. The third-order valence-corrected chi connectivity index (χ3v) is 12.7. The van der Waals surface area contributed by atoms with Gasteiger partial charge in [0.2, 0.25) is 0 Å². The molecule has 0 aromatic heterocycles. The van der Waals surface area contributed by atoms with Crippen LogP contribution >= 0.6 is 0 Å². The van der Waals surface area contributed by atoms with E-state index in [0.717, 1.165) is 109 Å². The molecule has 0 saturated heterocycles. The van der Waals surface area contributed by atoms with E-state index in [2.05, 4.69) is 93.7 Å². The van der Waals surface area contributed by atoms with E-state index < -0.39 is 6.10 Å². The molecule has 0 aliphatic heterocycles. The number of unbranched alkanes of at least 4 members (excludes halogenated alkanes) is 30. The summed E-state index contributed by atoms with van der Waals surface area (Å²) in [4.78, 5) is 38.2. The largest absolute Gasteiger partial charge is 0.462 e. The van der Waals surface area contributed by atoms with E-state index in [4.69, 9.17) is 14.2 Å². The Labute approximate surface area is 427 Å². The predicted molar refractivity (Wildman–Crippen MR) is 298 cm³/mol. The van der Waals surface area contributed by atoms with Gasteiger partial charge in [-0.15, -0.1) is 0 Å². The van der Waals surface area contributed by atoms with Gasteiger partial charge >= 0.3 is 17.9 Å². The van der Waals surface area contributed by atoms with E-state index in [1.165, 1.54) is 141 Å². The standard InChI is InChI=1S/C63H110O6/c1-4-7-10-13-16-19-22-25-27-29-31-33-35-38-40-43-46-49-52-55-61(64)67-58-60(69-63(66)57-54-51-48-45-42-37-24-21-18-15-12-9-6-3)59-68-62(65)56-53-50-47-44-41-39-36-34-32-30-28-26-23-20-17-14-11-8-5-2/h7,10,16,19,21,24-25,27,31,33,38,40,60H,4-6,8-9,11-15,17-18,20,22-23,26,28-30,32,34-37,39,41-59H2,1-3H3/b10-7-,19-16-,24-21-,27-25-,33-31-,40-38-/t60-/m1/s1. The number of allylic oxidation sites excluding steroid dienone is 12. The van der Waals surface area contributed by atoms with Crippen LogP contribution in [0.3, 0.4) is 0 Å². The summed E-state index contributed by atoms with van der Waals surface area (Å²) in [5.74, 6) is -0.919. The molecule has 0 aliphatic rings. The van der Waals surface area contributed by atoms with Crippen molar-refractivity contribution < 1.29 is 28.6 Å². The fraction of sp³-hybridized carbons (Fsp3) is 0.762. The maximum atomic E-state index is 12.8. The maximum absolute atomic E-state index is 12.8. The molecule has 69 heavy (non-hydrogen) atoms. The van der Waals surface area contributed by atoms with Crippen molar-refractivity contribution in [3.05, 3.63) is 72.9 Å². The third kappa shape index (κ3) is 55.6. The molecule has 0 amide bonds. The Morgan fingerprint density at radius 3 is 0.928 bits per heavy atom. The van der Waals surface area contributed by atoms with Crippen molar-refractivity contribution in [1.29, 1.82) is 0 Å². The maximum Gasteiger partial charge on any atom is 0.306 e. The average molecular weight is 964 g/mol. The van der Waals surface area contributed by atoms with Gasteiger partial charge in [0.05, 0.1) is 0 Å². The van der Waals surface area contributed by atoms with Gasteiger partial charge < -0.3 is 14.2 Å². The fourth-order valence-electron chi connectivity index (χ4n) is 8.29. The van der Waals surface area contributed by atoms with Crippen LogP contribution in [0.4, 0.5) is 0 Å². The van der Waals surface area contributed by atoms with Crippen molar-refractivity contribution in [3.63, 3.8) is 0 Å². The van der Waals surface area contributed by atoms with Crippen LogP contribution in [0.2, 0.25) is 0 Å². The Morgan fingerprint density at radius 2 is 0.565 bits per heavy atom. The minimum Gasteiger partial charge on any atom is -0.462 e. The molecular formula is C63H110O6. The number of ether oxygens (including phenoxy) is 3. The number of rotatable bonds is 53. The summed E-state index contributed by atoms with van der Waals surface area (Å²) < 4.78 is 16.8. The summed E-state index contributed by atoms with van der Waals surface area (Å²) in [6.45, 7) is 6.50. The van der Waals surface area contributed by atoms with Crippen LogP contribution in [0, 0.1) is 0 Å². The minimum atomic E-state index is -0.792. The molecular weight excluding hydrogens is 853 g/mol. The Morgan fingerprint density at radius 1 is 0.304 bits per heavy atom. The van der Waals surface area contributed by atoms with Crippen molar-refractivity contribution in [2.24, 2.45) is 0 Å². The molecule has 0 heterocycles. The van der Waals surface area contributed by atoms with E-state index in [0.29, 0.717) is 19.3 Å². The second kappa shape index (κ2) is 57.4. The monoisotopic (exact) mass is 963 g/mol. The number of esters is 3. The Balaban J connectivity index is 4.39. The highest BCUT2D eigenvalue weighted by Gasteiger charge is 2.19. The summed E-state index contributed by atoms with van der Waals surface area (Å²) in [6, 6.07) is 0. The highest BCUT2D eigenvalue weighted by atomic mass is 16.6. The third-order valence-electron chi connectivity index (χ3n) is 12.7. The van der Waals surface area contributed by atoms with Crippen LogP contribution in [0.15, 0.2) is 72.9 Å². The molecule has 0 saturated carbocycles. The number of carbonyl (C=O) groups excluding carboxylic acids is 3. The zero-order valence-electron chi connectivity index (χ0n) is 45.6. The van der Waals surface area contributed by atoms with E-state index in [9.17, 15) is 14.4 Å². The smallest absolute Gasteiger partial charge is 0.306 e. The number of hydrogen-bond donors (Lipinski definition) is 0. The quantitative estimate of drug-likeness (QED) is 0.0262.